The van der Waals surface area contributed by atoms with E-state index in [0.717, 1.165) is 25.5 Å². The Morgan fingerprint density at radius 1 is 1.16 bits per heavy atom. The number of esters is 1. The van der Waals surface area contributed by atoms with Gasteiger partial charge in [-0.25, -0.2) is 18.2 Å². The quantitative estimate of drug-likeness (QED) is 0.540. The van der Waals surface area contributed by atoms with Gasteiger partial charge in [0.05, 0.1) is 6.26 Å². The number of carbonyl (C=O) groups is 1. The summed E-state index contributed by atoms with van der Waals surface area (Å²) in [4.78, 5) is 44.5. The SMILES string of the molecule is CCCCn1c(=O)[nH]c(=O)c2c1nc(COC(=O)C1CCCCN1S(C)(=O)=O)n2CCC. The van der Waals surface area contributed by atoms with E-state index in [0.29, 0.717) is 38.2 Å². The fraction of sp³-hybridized carbons (Fsp3) is 0.700. The fourth-order valence-electron chi connectivity index (χ4n) is 4.09. The molecule has 1 saturated heterocycles. The summed E-state index contributed by atoms with van der Waals surface area (Å²) in [7, 11) is -3.54. The summed E-state index contributed by atoms with van der Waals surface area (Å²) < 4.78 is 33.9. The van der Waals surface area contributed by atoms with Crippen LogP contribution < -0.4 is 11.2 Å². The van der Waals surface area contributed by atoms with E-state index in [1.165, 1.54) is 8.87 Å². The number of aryl methyl sites for hydroxylation is 2. The van der Waals surface area contributed by atoms with Crippen LogP contribution >= 0.6 is 0 Å². The molecule has 1 aliphatic heterocycles. The molecule has 0 bridgehead atoms. The van der Waals surface area contributed by atoms with E-state index in [-0.39, 0.29) is 24.3 Å². The van der Waals surface area contributed by atoms with Crippen molar-refractivity contribution in [2.75, 3.05) is 12.8 Å². The lowest BCUT2D eigenvalue weighted by Gasteiger charge is -2.31. The second-order valence-electron chi connectivity index (χ2n) is 8.11. The van der Waals surface area contributed by atoms with Crippen molar-refractivity contribution in [1.82, 2.24) is 23.4 Å². The van der Waals surface area contributed by atoms with Crippen LogP contribution in [-0.2, 0) is 39.3 Å². The first-order valence-electron chi connectivity index (χ1n) is 11.0. The van der Waals surface area contributed by atoms with E-state index >= 15 is 0 Å². The summed E-state index contributed by atoms with van der Waals surface area (Å²) in [6.07, 6.45) is 5.22. The van der Waals surface area contributed by atoms with Gasteiger partial charge in [0.1, 0.15) is 18.5 Å². The van der Waals surface area contributed by atoms with Crippen molar-refractivity contribution < 1.29 is 17.9 Å². The number of piperidine rings is 1. The molecule has 0 spiro atoms. The normalized spacial score (nSPS) is 17.7. The van der Waals surface area contributed by atoms with Crippen molar-refractivity contribution in [2.24, 2.45) is 0 Å². The highest BCUT2D eigenvalue weighted by atomic mass is 32.2. The molecule has 3 heterocycles. The maximum atomic E-state index is 12.8. The van der Waals surface area contributed by atoms with Gasteiger partial charge in [0.15, 0.2) is 11.2 Å². The lowest BCUT2D eigenvalue weighted by molar-refractivity contribution is -0.150. The second-order valence-corrected chi connectivity index (χ2v) is 10.0. The number of hydrogen-bond donors (Lipinski definition) is 1. The maximum Gasteiger partial charge on any atom is 0.330 e. The van der Waals surface area contributed by atoms with E-state index in [2.05, 4.69) is 9.97 Å². The minimum atomic E-state index is -3.54. The molecule has 3 rings (SSSR count). The fourth-order valence-corrected chi connectivity index (χ4v) is 5.20. The highest BCUT2D eigenvalue weighted by Gasteiger charge is 2.35. The summed E-state index contributed by atoms with van der Waals surface area (Å²) in [5, 5.41) is 0. The Hall–Kier alpha value is -2.47. The Bertz CT molecular complexity index is 1200. The molecule has 1 aliphatic rings. The molecule has 0 aromatic carbocycles. The van der Waals surface area contributed by atoms with Crippen molar-refractivity contribution in [2.45, 2.75) is 78.1 Å². The molecule has 0 saturated carbocycles. The number of fused-ring (bicyclic) bond motifs is 1. The van der Waals surface area contributed by atoms with Gasteiger partial charge in [-0.2, -0.15) is 4.31 Å². The Kier molecular flexibility index (Phi) is 7.55. The summed E-state index contributed by atoms with van der Waals surface area (Å²) in [5.74, 6) is -0.291. The Morgan fingerprint density at radius 3 is 2.56 bits per heavy atom. The van der Waals surface area contributed by atoms with Gasteiger partial charge in [-0.15, -0.1) is 0 Å². The van der Waals surface area contributed by atoms with Gasteiger partial charge in [0, 0.05) is 19.6 Å². The molecule has 1 atom stereocenters. The van der Waals surface area contributed by atoms with Crippen LogP contribution in [0.15, 0.2) is 9.59 Å². The number of ether oxygens (including phenoxy) is 1. The van der Waals surface area contributed by atoms with E-state index in [9.17, 15) is 22.8 Å². The number of nitrogens with one attached hydrogen (secondary N) is 1. The van der Waals surface area contributed by atoms with E-state index in [4.69, 9.17) is 4.74 Å². The van der Waals surface area contributed by atoms with E-state index in [1.54, 1.807) is 4.57 Å². The van der Waals surface area contributed by atoms with Crippen LogP contribution in [0.25, 0.3) is 11.2 Å². The number of aromatic nitrogens is 4. The molecule has 2 aromatic rings. The van der Waals surface area contributed by atoms with Crippen LogP contribution in [0.1, 0.15) is 58.2 Å². The number of sulfonamides is 1. The molecule has 1 N–H and O–H groups in total. The molecule has 0 amide bonds. The highest BCUT2D eigenvalue weighted by Crippen LogP contribution is 2.22. The lowest BCUT2D eigenvalue weighted by Crippen LogP contribution is -2.48. The van der Waals surface area contributed by atoms with Gasteiger partial charge in [-0.3, -0.25) is 19.1 Å². The van der Waals surface area contributed by atoms with Crippen molar-refractivity contribution >= 4 is 27.2 Å². The number of aromatic amines is 1. The minimum Gasteiger partial charge on any atom is -0.456 e. The molecule has 0 radical (unpaired) electrons. The Labute approximate surface area is 186 Å². The summed E-state index contributed by atoms with van der Waals surface area (Å²) in [5.41, 5.74) is -0.524. The maximum absolute atomic E-state index is 12.8. The van der Waals surface area contributed by atoms with Crippen molar-refractivity contribution in [1.29, 1.82) is 0 Å². The van der Waals surface area contributed by atoms with Gasteiger partial charge in [-0.1, -0.05) is 20.3 Å². The van der Waals surface area contributed by atoms with Crippen LogP contribution in [0.2, 0.25) is 0 Å². The van der Waals surface area contributed by atoms with Crippen molar-refractivity contribution in [3.63, 3.8) is 0 Å². The van der Waals surface area contributed by atoms with E-state index in [1.807, 2.05) is 13.8 Å². The predicted octanol–water partition coefficient (Wildman–Crippen LogP) is 0.954. The van der Waals surface area contributed by atoms with Crippen LogP contribution in [0.3, 0.4) is 0 Å². The molecule has 0 aliphatic carbocycles. The molecular weight excluding hydrogens is 438 g/mol. The van der Waals surface area contributed by atoms with Gasteiger partial charge in [0.25, 0.3) is 5.56 Å². The largest absolute Gasteiger partial charge is 0.456 e. The zero-order valence-corrected chi connectivity index (χ0v) is 19.6. The molecule has 11 nitrogen and oxygen atoms in total. The van der Waals surface area contributed by atoms with Crippen LogP contribution in [0.4, 0.5) is 0 Å². The molecule has 32 heavy (non-hydrogen) atoms. The zero-order valence-electron chi connectivity index (χ0n) is 18.8. The van der Waals surface area contributed by atoms with Gasteiger partial charge in [-0.05, 0) is 32.1 Å². The summed E-state index contributed by atoms with van der Waals surface area (Å²) in [6, 6.07) is -0.867. The average molecular weight is 470 g/mol. The van der Waals surface area contributed by atoms with Gasteiger partial charge >= 0.3 is 11.7 Å². The molecule has 1 fully saturated rings. The number of H-pyrrole nitrogens is 1. The number of rotatable bonds is 9. The third-order valence-corrected chi connectivity index (χ3v) is 6.93. The van der Waals surface area contributed by atoms with Crippen LogP contribution in [-0.4, -0.2) is 56.6 Å². The number of hydrogen-bond acceptors (Lipinski definition) is 7. The first kappa shape index (κ1) is 24.2. The third-order valence-electron chi connectivity index (χ3n) is 5.64. The smallest absolute Gasteiger partial charge is 0.330 e. The predicted molar refractivity (Wildman–Crippen MR) is 119 cm³/mol. The molecular formula is C20H31N5O6S. The first-order valence-corrected chi connectivity index (χ1v) is 12.9. The second kappa shape index (κ2) is 9.99. The van der Waals surface area contributed by atoms with Crippen molar-refractivity contribution in [3.05, 3.63) is 26.7 Å². The van der Waals surface area contributed by atoms with E-state index < -0.39 is 33.3 Å². The summed E-state index contributed by atoms with van der Waals surface area (Å²) >= 11 is 0. The third kappa shape index (κ3) is 4.96. The number of carbonyl (C=O) groups excluding carboxylic acids is 1. The zero-order chi connectivity index (χ0) is 23.5. The van der Waals surface area contributed by atoms with Gasteiger partial charge in [0.2, 0.25) is 10.0 Å². The topological polar surface area (TPSA) is 136 Å². The number of unbranched alkanes of at least 4 members (excludes halogenated alkanes) is 1. The number of nitrogens with zero attached hydrogens (tertiary/aromatic N) is 4. The first-order chi connectivity index (χ1) is 15.2. The minimum absolute atomic E-state index is 0.219. The molecule has 1 unspecified atom stereocenters. The van der Waals surface area contributed by atoms with Crippen LogP contribution in [0.5, 0.6) is 0 Å². The van der Waals surface area contributed by atoms with Gasteiger partial charge < -0.3 is 9.30 Å². The Balaban J connectivity index is 1.93. The molecule has 12 heteroatoms. The van der Waals surface area contributed by atoms with Crippen LogP contribution in [0, 0.1) is 0 Å². The highest BCUT2D eigenvalue weighted by molar-refractivity contribution is 7.88. The molecule has 178 valence electrons. The molecule has 2 aromatic heterocycles. The monoisotopic (exact) mass is 469 g/mol. The van der Waals surface area contributed by atoms with Crippen molar-refractivity contribution in [3.8, 4) is 0 Å². The standard InChI is InChI=1S/C20H31N5O6S/c1-4-6-11-24-17-16(18(26)22-20(24)28)23(10-5-2)15(21-17)13-31-19(27)14-9-7-8-12-25(14)32(3,29)30/h14H,4-13H2,1-3H3,(H,22,26,28). The summed E-state index contributed by atoms with van der Waals surface area (Å²) in [6.45, 7) is 4.87. The number of imidazole rings is 1. The Morgan fingerprint density at radius 2 is 1.91 bits per heavy atom. The lowest BCUT2D eigenvalue weighted by atomic mass is 10.1. The average Bonchev–Trinajstić information content (AvgIpc) is 3.10.